The summed E-state index contributed by atoms with van der Waals surface area (Å²) in [6.45, 7) is 4.68. The zero-order chi connectivity index (χ0) is 20.5. The van der Waals surface area contributed by atoms with Crippen LogP contribution in [-0.4, -0.2) is 6.17 Å². The lowest BCUT2D eigenvalue weighted by Crippen LogP contribution is -2.47. The third kappa shape index (κ3) is 3.45. The van der Waals surface area contributed by atoms with Crippen LogP contribution in [0.3, 0.4) is 0 Å². The highest BCUT2D eigenvalue weighted by molar-refractivity contribution is 5.69. The Kier molecular flexibility index (Phi) is 5.58. The molecule has 1 aliphatic heterocycles. The van der Waals surface area contributed by atoms with Crippen LogP contribution in [0.1, 0.15) is 70.3 Å². The molecule has 2 aliphatic carbocycles. The van der Waals surface area contributed by atoms with Crippen LogP contribution in [0.25, 0.3) is 0 Å². The van der Waals surface area contributed by atoms with Crippen LogP contribution in [0.2, 0.25) is 0 Å². The summed E-state index contributed by atoms with van der Waals surface area (Å²) in [6.07, 6.45) is 12.7. The molecule has 0 amide bonds. The molecule has 0 N–H and O–H groups in total. The number of allylic oxidation sites excluding steroid dienone is 2. The van der Waals surface area contributed by atoms with Gasteiger partial charge < -0.3 is 9.80 Å². The van der Waals surface area contributed by atoms with Crippen molar-refractivity contribution in [1.82, 2.24) is 0 Å². The zero-order valence-corrected chi connectivity index (χ0v) is 18.7. The Bertz CT molecular complexity index is 888. The molecular formula is C28H36N2. The number of hydrogen-bond donors (Lipinski definition) is 0. The second-order valence-corrected chi connectivity index (χ2v) is 9.63. The summed E-state index contributed by atoms with van der Waals surface area (Å²) in [5, 5.41) is 0. The average Bonchev–Trinajstić information content (AvgIpc) is 3.41. The van der Waals surface area contributed by atoms with Gasteiger partial charge in [-0.25, -0.2) is 0 Å². The first-order valence-electron chi connectivity index (χ1n) is 12.2. The summed E-state index contributed by atoms with van der Waals surface area (Å²) >= 11 is 0. The quantitative estimate of drug-likeness (QED) is 0.520. The minimum absolute atomic E-state index is 0.407. The second-order valence-electron chi connectivity index (χ2n) is 9.63. The SMILES string of the molecule is CC1=C(C2CCCC2)N(c2ccccc2)C(C2CCCCC2)N1c1ccccc1C. The largest absolute Gasteiger partial charge is 0.322 e. The van der Waals surface area contributed by atoms with Crippen molar-refractivity contribution in [3.05, 3.63) is 71.6 Å². The van der Waals surface area contributed by atoms with Crippen molar-refractivity contribution >= 4 is 11.4 Å². The van der Waals surface area contributed by atoms with Crippen molar-refractivity contribution < 1.29 is 0 Å². The molecule has 0 saturated heterocycles. The van der Waals surface area contributed by atoms with E-state index in [9.17, 15) is 0 Å². The molecule has 0 radical (unpaired) electrons. The molecule has 0 aromatic heterocycles. The molecule has 2 fully saturated rings. The molecule has 1 unspecified atom stereocenters. The van der Waals surface area contributed by atoms with Crippen molar-refractivity contribution in [2.24, 2.45) is 11.8 Å². The first kappa shape index (κ1) is 19.7. The van der Waals surface area contributed by atoms with Gasteiger partial charge in [-0.3, -0.25) is 0 Å². The molecule has 2 heteroatoms. The molecule has 2 nitrogen and oxygen atoms in total. The first-order valence-corrected chi connectivity index (χ1v) is 12.2. The Hall–Kier alpha value is -2.22. The van der Waals surface area contributed by atoms with Gasteiger partial charge in [0.05, 0.1) is 0 Å². The van der Waals surface area contributed by atoms with Gasteiger partial charge in [0.1, 0.15) is 6.17 Å². The highest BCUT2D eigenvalue weighted by Crippen LogP contribution is 2.49. The van der Waals surface area contributed by atoms with Crippen molar-refractivity contribution in [2.75, 3.05) is 9.80 Å². The lowest BCUT2D eigenvalue weighted by atomic mass is 9.85. The van der Waals surface area contributed by atoms with Crippen LogP contribution < -0.4 is 9.80 Å². The molecule has 0 spiro atoms. The third-order valence-corrected chi connectivity index (χ3v) is 7.74. The Labute approximate surface area is 182 Å². The summed E-state index contributed by atoms with van der Waals surface area (Å²) in [5.41, 5.74) is 7.27. The molecule has 2 aromatic carbocycles. The molecule has 3 aliphatic rings. The van der Waals surface area contributed by atoms with E-state index in [2.05, 4.69) is 78.2 Å². The maximum Gasteiger partial charge on any atom is 0.113 e. The lowest BCUT2D eigenvalue weighted by Gasteiger charge is -2.42. The van der Waals surface area contributed by atoms with Gasteiger partial charge in [-0.05, 0) is 69.2 Å². The van der Waals surface area contributed by atoms with E-state index in [0.29, 0.717) is 18.0 Å². The van der Waals surface area contributed by atoms with Gasteiger partial charge in [0, 0.05) is 28.7 Å². The predicted octanol–water partition coefficient (Wildman–Crippen LogP) is 7.65. The van der Waals surface area contributed by atoms with Crippen molar-refractivity contribution in [3.63, 3.8) is 0 Å². The topological polar surface area (TPSA) is 6.48 Å². The summed E-state index contributed by atoms with van der Waals surface area (Å²) in [4.78, 5) is 5.50. The molecular weight excluding hydrogens is 364 g/mol. The zero-order valence-electron chi connectivity index (χ0n) is 18.7. The molecule has 1 atom stereocenters. The van der Waals surface area contributed by atoms with E-state index in [-0.39, 0.29) is 0 Å². The van der Waals surface area contributed by atoms with Gasteiger partial charge in [-0.15, -0.1) is 0 Å². The monoisotopic (exact) mass is 400 g/mol. The van der Waals surface area contributed by atoms with Gasteiger partial charge in [0.2, 0.25) is 0 Å². The predicted molar refractivity (Wildman–Crippen MR) is 128 cm³/mol. The minimum atomic E-state index is 0.407. The smallest absolute Gasteiger partial charge is 0.113 e. The maximum absolute atomic E-state index is 2.77. The summed E-state index contributed by atoms with van der Waals surface area (Å²) in [5.74, 6) is 1.41. The Morgan fingerprint density at radius 2 is 1.30 bits per heavy atom. The molecule has 30 heavy (non-hydrogen) atoms. The van der Waals surface area contributed by atoms with E-state index in [1.165, 1.54) is 80.4 Å². The van der Waals surface area contributed by atoms with Crippen LogP contribution >= 0.6 is 0 Å². The fourth-order valence-electron chi connectivity index (χ4n) is 6.34. The molecule has 2 aromatic rings. The highest BCUT2D eigenvalue weighted by atomic mass is 15.4. The van der Waals surface area contributed by atoms with E-state index in [1.54, 1.807) is 5.70 Å². The van der Waals surface area contributed by atoms with Gasteiger partial charge >= 0.3 is 0 Å². The fourth-order valence-corrected chi connectivity index (χ4v) is 6.34. The molecule has 1 heterocycles. The number of hydrogen-bond acceptors (Lipinski definition) is 2. The van der Waals surface area contributed by atoms with Crippen molar-refractivity contribution in [3.8, 4) is 0 Å². The number of aryl methyl sites for hydroxylation is 1. The number of anilines is 2. The normalized spacial score (nSPS) is 23.6. The van der Waals surface area contributed by atoms with Crippen molar-refractivity contribution in [2.45, 2.75) is 77.8 Å². The lowest BCUT2D eigenvalue weighted by molar-refractivity contribution is 0.304. The van der Waals surface area contributed by atoms with E-state index < -0.39 is 0 Å². The summed E-state index contributed by atoms with van der Waals surface area (Å²) < 4.78 is 0. The van der Waals surface area contributed by atoms with Crippen LogP contribution in [0, 0.1) is 18.8 Å². The van der Waals surface area contributed by atoms with E-state index in [4.69, 9.17) is 0 Å². The molecule has 158 valence electrons. The van der Waals surface area contributed by atoms with E-state index in [1.807, 2.05) is 0 Å². The van der Waals surface area contributed by atoms with Gasteiger partial charge in [-0.1, -0.05) is 68.5 Å². The third-order valence-electron chi connectivity index (χ3n) is 7.74. The van der Waals surface area contributed by atoms with Crippen LogP contribution in [-0.2, 0) is 0 Å². The van der Waals surface area contributed by atoms with Crippen LogP contribution in [0.4, 0.5) is 11.4 Å². The second kappa shape index (κ2) is 8.49. The first-order chi connectivity index (χ1) is 14.8. The molecule has 5 rings (SSSR count). The van der Waals surface area contributed by atoms with Gasteiger partial charge in [-0.2, -0.15) is 0 Å². The maximum atomic E-state index is 2.77. The Morgan fingerprint density at radius 1 is 0.667 bits per heavy atom. The van der Waals surface area contributed by atoms with Gasteiger partial charge in [0.25, 0.3) is 0 Å². The Morgan fingerprint density at radius 3 is 2.00 bits per heavy atom. The van der Waals surface area contributed by atoms with Crippen LogP contribution in [0.15, 0.2) is 66.0 Å². The summed E-state index contributed by atoms with van der Waals surface area (Å²) in [7, 11) is 0. The number of benzene rings is 2. The number of para-hydroxylation sites is 2. The van der Waals surface area contributed by atoms with Gasteiger partial charge in [0.15, 0.2) is 0 Å². The summed E-state index contributed by atoms with van der Waals surface area (Å²) in [6, 6.07) is 20.3. The average molecular weight is 401 g/mol. The number of rotatable bonds is 4. The molecule has 2 saturated carbocycles. The van der Waals surface area contributed by atoms with Crippen molar-refractivity contribution in [1.29, 1.82) is 0 Å². The van der Waals surface area contributed by atoms with E-state index >= 15 is 0 Å². The number of nitrogens with zero attached hydrogens (tertiary/aromatic N) is 2. The van der Waals surface area contributed by atoms with E-state index in [0.717, 1.165) is 0 Å². The molecule has 0 bridgehead atoms. The fraction of sp³-hybridized carbons (Fsp3) is 0.500. The minimum Gasteiger partial charge on any atom is -0.322 e. The standard InChI is InChI=1S/C28H36N2/c1-21-13-9-12-20-26(21)29-22(2)27(23-14-10-11-15-23)30(25-18-7-4-8-19-25)28(29)24-16-5-3-6-17-24/h4,7-9,12-13,18-20,23-24,28H,3,5-6,10-11,14-17H2,1-2H3. The van der Waals surface area contributed by atoms with Crippen LogP contribution in [0.5, 0.6) is 0 Å². The highest BCUT2D eigenvalue weighted by Gasteiger charge is 2.45. The Balaban J connectivity index is 1.67.